The minimum atomic E-state index is -0.922. The Labute approximate surface area is 225 Å². The van der Waals surface area contributed by atoms with Crippen molar-refractivity contribution < 1.29 is 9.90 Å². The lowest BCUT2D eigenvalue weighted by atomic mass is 9.86. The van der Waals surface area contributed by atoms with Crippen molar-refractivity contribution in [2.75, 3.05) is 22.6 Å². The maximum atomic E-state index is 12.6. The van der Waals surface area contributed by atoms with Gasteiger partial charge in [-0.05, 0) is 72.7 Å². The highest BCUT2D eigenvalue weighted by molar-refractivity contribution is 7.98. The van der Waals surface area contributed by atoms with E-state index in [1.54, 1.807) is 27.5 Å². The van der Waals surface area contributed by atoms with Crippen LogP contribution in [0.3, 0.4) is 0 Å². The van der Waals surface area contributed by atoms with Crippen LogP contribution in [0.25, 0.3) is 27.6 Å². The van der Waals surface area contributed by atoms with Crippen molar-refractivity contribution in [3.63, 3.8) is 0 Å². The average Bonchev–Trinajstić information content (AvgIpc) is 3.55. The van der Waals surface area contributed by atoms with Crippen LogP contribution in [0.2, 0.25) is 0 Å². The SMILES string of the molecule is CSCC[C@@H](C(=O)O)N(c1cc2cc(C(C)(C)C)ccc2[nH]1)c1cnn(-c2ccc3nc(C)[nH]c3c2)c1N. The van der Waals surface area contributed by atoms with E-state index in [1.165, 1.54) is 5.56 Å². The highest BCUT2D eigenvalue weighted by Crippen LogP contribution is 2.37. The van der Waals surface area contributed by atoms with E-state index in [9.17, 15) is 9.90 Å². The van der Waals surface area contributed by atoms with Gasteiger partial charge in [0, 0.05) is 10.9 Å². The molecule has 0 unspecified atom stereocenters. The normalized spacial score (nSPS) is 12.9. The lowest BCUT2D eigenvalue weighted by Crippen LogP contribution is -2.39. The van der Waals surface area contributed by atoms with E-state index >= 15 is 0 Å². The van der Waals surface area contributed by atoms with E-state index < -0.39 is 12.0 Å². The predicted molar refractivity (Wildman–Crippen MR) is 156 cm³/mol. The number of rotatable bonds is 8. The summed E-state index contributed by atoms with van der Waals surface area (Å²) in [7, 11) is 0. The summed E-state index contributed by atoms with van der Waals surface area (Å²) in [6.45, 7) is 8.43. The molecular weight excluding hydrogens is 498 g/mol. The Morgan fingerprint density at radius 1 is 1.16 bits per heavy atom. The number of aromatic nitrogens is 5. The van der Waals surface area contributed by atoms with E-state index in [0.29, 0.717) is 29.5 Å². The molecule has 0 radical (unpaired) electrons. The van der Waals surface area contributed by atoms with Gasteiger partial charge in [0.15, 0.2) is 5.82 Å². The number of aliphatic carboxylic acids is 1. The lowest BCUT2D eigenvalue weighted by Gasteiger charge is -2.29. The van der Waals surface area contributed by atoms with E-state index in [2.05, 4.69) is 53.0 Å². The number of aromatic amines is 2. The summed E-state index contributed by atoms with van der Waals surface area (Å²) in [5, 5.41) is 15.9. The van der Waals surface area contributed by atoms with Crippen LogP contribution in [-0.2, 0) is 10.2 Å². The van der Waals surface area contributed by atoms with Gasteiger partial charge in [0.05, 0.1) is 22.9 Å². The standard InChI is InChI=1S/C28H33N7O2S/c1-16-31-21-9-7-19(14-22(21)32-16)35-26(29)24(15-30-35)34(23(27(36)37)10-11-38-5)25-13-17-12-18(28(2,3)4)6-8-20(17)33-25/h6-9,12-15,23,33H,10-11,29H2,1-5H3,(H,31,32)(H,36,37)/t23-/m0/s1. The molecule has 0 aliphatic heterocycles. The molecule has 1 atom stereocenters. The monoisotopic (exact) mass is 531 g/mol. The topological polar surface area (TPSA) is 129 Å². The third kappa shape index (κ3) is 4.71. The van der Waals surface area contributed by atoms with E-state index in [4.69, 9.17) is 5.73 Å². The van der Waals surface area contributed by atoms with E-state index in [1.807, 2.05) is 43.5 Å². The van der Waals surface area contributed by atoms with Crippen LogP contribution in [0.4, 0.5) is 17.3 Å². The van der Waals surface area contributed by atoms with Crippen LogP contribution in [0, 0.1) is 6.92 Å². The molecule has 2 aromatic carbocycles. The molecule has 5 rings (SSSR count). The largest absolute Gasteiger partial charge is 0.480 e. The molecule has 0 amide bonds. The molecule has 0 aliphatic carbocycles. The lowest BCUT2D eigenvalue weighted by molar-refractivity contribution is -0.138. The summed E-state index contributed by atoms with van der Waals surface area (Å²) in [5.41, 5.74) is 11.8. The Morgan fingerprint density at radius 3 is 2.66 bits per heavy atom. The zero-order valence-corrected chi connectivity index (χ0v) is 23.1. The minimum Gasteiger partial charge on any atom is -0.480 e. The number of fused-ring (bicyclic) bond motifs is 2. The van der Waals surface area contributed by atoms with Crippen LogP contribution in [-0.4, -0.2) is 53.9 Å². The highest BCUT2D eigenvalue weighted by atomic mass is 32.2. The number of nitrogens with zero attached hydrogens (tertiary/aromatic N) is 4. The van der Waals surface area contributed by atoms with Gasteiger partial charge in [-0.1, -0.05) is 26.8 Å². The Kier molecular flexibility index (Phi) is 6.60. The van der Waals surface area contributed by atoms with E-state index in [-0.39, 0.29) is 5.41 Å². The molecule has 3 aromatic heterocycles. The number of thioether (sulfide) groups is 1. The van der Waals surface area contributed by atoms with Gasteiger partial charge in [-0.25, -0.2) is 14.5 Å². The van der Waals surface area contributed by atoms with Crippen molar-refractivity contribution >= 4 is 57.0 Å². The molecular formula is C28H33N7O2S. The number of aryl methyl sites for hydroxylation is 1. The fourth-order valence-electron chi connectivity index (χ4n) is 4.77. The Bertz CT molecular complexity index is 1630. The molecule has 0 bridgehead atoms. The van der Waals surface area contributed by atoms with Crippen molar-refractivity contribution in [3.05, 3.63) is 60.0 Å². The summed E-state index contributed by atoms with van der Waals surface area (Å²) in [6.07, 6.45) is 4.04. The summed E-state index contributed by atoms with van der Waals surface area (Å²) >= 11 is 1.61. The predicted octanol–water partition coefficient (Wildman–Crippen LogP) is 5.76. The van der Waals surface area contributed by atoms with Crippen LogP contribution in [0.5, 0.6) is 0 Å². The molecule has 0 saturated heterocycles. The van der Waals surface area contributed by atoms with Gasteiger partial charge in [0.25, 0.3) is 0 Å². The van der Waals surface area contributed by atoms with Crippen molar-refractivity contribution in [1.82, 2.24) is 24.7 Å². The summed E-state index contributed by atoms with van der Waals surface area (Å²) < 4.78 is 1.63. The van der Waals surface area contributed by atoms with Crippen molar-refractivity contribution in [2.45, 2.75) is 45.6 Å². The first-order chi connectivity index (χ1) is 18.1. The highest BCUT2D eigenvalue weighted by Gasteiger charge is 2.31. The molecule has 5 N–H and O–H groups in total. The number of benzene rings is 2. The van der Waals surface area contributed by atoms with Crippen molar-refractivity contribution in [3.8, 4) is 5.69 Å². The number of anilines is 3. The molecule has 0 spiro atoms. The molecule has 38 heavy (non-hydrogen) atoms. The van der Waals surface area contributed by atoms with Gasteiger partial charge < -0.3 is 25.7 Å². The molecule has 3 heterocycles. The number of imidazole rings is 1. The number of nitrogen functional groups attached to an aromatic ring is 1. The van der Waals surface area contributed by atoms with Gasteiger partial charge in [-0.3, -0.25) is 0 Å². The minimum absolute atomic E-state index is 0.00682. The van der Waals surface area contributed by atoms with Gasteiger partial charge in [-0.2, -0.15) is 16.9 Å². The van der Waals surface area contributed by atoms with Gasteiger partial charge >= 0.3 is 5.97 Å². The zero-order chi connectivity index (χ0) is 27.2. The quantitative estimate of drug-likeness (QED) is 0.200. The van der Waals surface area contributed by atoms with Crippen molar-refractivity contribution in [2.24, 2.45) is 0 Å². The number of hydrogen-bond donors (Lipinski definition) is 4. The number of carboxylic acids is 1. The molecule has 0 saturated carbocycles. The Balaban J connectivity index is 1.63. The maximum absolute atomic E-state index is 12.6. The summed E-state index contributed by atoms with van der Waals surface area (Å²) in [6, 6.07) is 13.2. The molecule has 9 nitrogen and oxygen atoms in total. The number of hydrogen-bond acceptors (Lipinski definition) is 6. The van der Waals surface area contributed by atoms with E-state index in [0.717, 1.165) is 33.4 Å². The van der Waals surface area contributed by atoms with Crippen LogP contribution in [0.15, 0.2) is 48.7 Å². The summed E-state index contributed by atoms with van der Waals surface area (Å²) in [5.74, 6) is 1.60. The molecule has 0 fully saturated rings. The zero-order valence-electron chi connectivity index (χ0n) is 22.2. The smallest absolute Gasteiger partial charge is 0.326 e. The first-order valence-electron chi connectivity index (χ1n) is 12.5. The third-order valence-corrected chi connectivity index (χ3v) is 7.44. The van der Waals surface area contributed by atoms with Crippen LogP contribution in [0.1, 0.15) is 38.6 Å². The first kappa shape index (κ1) is 25.7. The number of H-pyrrole nitrogens is 2. The average molecular weight is 532 g/mol. The van der Waals surface area contributed by atoms with Gasteiger partial charge in [0.2, 0.25) is 0 Å². The van der Waals surface area contributed by atoms with Gasteiger partial charge in [0.1, 0.15) is 23.4 Å². The van der Waals surface area contributed by atoms with Gasteiger partial charge in [-0.15, -0.1) is 0 Å². The maximum Gasteiger partial charge on any atom is 0.326 e. The fraction of sp³-hybridized carbons (Fsp3) is 0.321. The number of carboxylic acid groups (broad SMARTS) is 1. The first-order valence-corrected chi connectivity index (χ1v) is 13.9. The second-order valence-electron chi connectivity index (χ2n) is 10.6. The number of nitrogens with two attached hydrogens (primary N) is 1. The second-order valence-corrected chi connectivity index (χ2v) is 11.5. The Morgan fingerprint density at radius 2 is 1.95 bits per heavy atom. The molecule has 5 aromatic rings. The summed E-state index contributed by atoms with van der Waals surface area (Å²) in [4.78, 5) is 25.5. The fourth-order valence-corrected chi connectivity index (χ4v) is 5.23. The van der Waals surface area contributed by atoms with Crippen LogP contribution >= 0.6 is 11.8 Å². The number of nitrogens with one attached hydrogen (secondary N) is 2. The number of carbonyl (C=O) groups is 1. The molecule has 0 aliphatic rings. The third-order valence-electron chi connectivity index (χ3n) is 6.80. The Hall–Kier alpha value is -3.92. The van der Waals surface area contributed by atoms with Crippen molar-refractivity contribution in [1.29, 1.82) is 0 Å². The van der Waals surface area contributed by atoms with Crippen LogP contribution < -0.4 is 10.6 Å². The second kappa shape index (κ2) is 9.75. The molecule has 10 heteroatoms. The molecule has 198 valence electrons.